The molecule has 10 heteroatoms. The second kappa shape index (κ2) is 8.57. The molecule has 2 aromatic heterocycles. The molecule has 29 heavy (non-hydrogen) atoms. The molecular formula is C19H21ClIN6PS. The van der Waals surface area contributed by atoms with E-state index in [-0.39, 0.29) is 0 Å². The normalized spacial score (nSPS) is 17.0. The lowest BCUT2D eigenvalue weighted by molar-refractivity contribution is 0.514. The van der Waals surface area contributed by atoms with Crippen molar-refractivity contribution in [3.05, 3.63) is 40.8 Å². The van der Waals surface area contributed by atoms with E-state index in [4.69, 9.17) is 21.6 Å². The average molecular weight is 559 g/mol. The summed E-state index contributed by atoms with van der Waals surface area (Å²) in [5.41, 5.74) is 4.66. The molecule has 1 N–H and O–H groups in total. The summed E-state index contributed by atoms with van der Waals surface area (Å²) in [6.07, 6.45) is 2.60. The minimum Gasteiger partial charge on any atom is -0.357 e. The quantitative estimate of drug-likeness (QED) is 0.188. The van der Waals surface area contributed by atoms with Crippen LogP contribution in [-0.2, 0) is 0 Å². The first-order chi connectivity index (χ1) is 13.9. The van der Waals surface area contributed by atoms with Crippen molar-refractivity contribution in [1.82, 2.24) is 19.2 Å². The Hall–Kier alpha value is -1.09. The second-order valence-corrected chi connectivity index (χ2v) is 10.3. The van der Waals surface area contributed by atoms with Gasteiger partial charge in [-0.05, 0) is 60.3 Å². The zero-order valence-corrected chi connectivity index (χ0v) is 21.2. The number of aryl methyl sites for hydroxylation is 1. The standard InChI is InChI=1S/C19H21ClIN6PS/c1-10-9-26(3)18(22-10)12-5-6-13(15(7-12)29-4)24-14-8-16(20)25-19-17(14)23-11(2)27(19)28-21/h5-8,10,28H,9H2,1-4H3,(H,24,25). The first kappa shape index (κ1) is 21.2. The Bertz CT molecular complexity index is 1120. The minimum absolute atomic E-state index is 0.328. The summed E-state index contributed by atoms with van der Waals surface area (Å²) in [6, 6.07) is 8.58. The van der Waals surface area contributed by atoms with Crippen LogP contribution in [0.4, 0.5) is 11.4 Å². The van der Waals surface area contributed by atoms with Gasteiger partial charge < -0.3 is 10.2 Å². The molecule has 3 aromatic rings. The highest BCUT2D eigenvalue weighted by atomic mass is 127. The summed E-state index contributed by atoms with van der Waals surface area (Å²) in [5.74, 6) is 1.98. The Balaban J connectivity index is 1.74. The summed E-state index contributed by atoms with van der Waals surface area (Å²) in [4.78, 5) is 17.4. The lowest BCUT2D eigenvalue weighted by Gasteiger charge is -2.17. The molecular weight excluding hydrogens is 538 g/mol. The maximum atomic E-state index is 6.32. The topological polar surface area (TPSA) is 58.3 Å². The molecule has 0 amide bonds. The number of likely N-dealkylation sites (N-methyl/N-ethyl adjacent to an activating group) is 1. The number of nitrogens with zero attached hydrogens (tertiary/aromatic N) is 5. The highest BCUT2D eigenvalue weighted by Gasteiger charge is 2.21. The van der Waals surface area contributed by atoms with Crippen LogP contribution >= 0.6 is 51.8 Å². The Morgan fingerprint density at radius 3 is 2.72 bits per heavy atom. The Morgan fingerprint density at radius 2 is 2.07 bits per heavy atom. The summed E-state index contributed by atoms with van der Waals surface area (Å²) >= 11 is 10.4. The molecule has 1 aliphatic rings. The molecule has 4 rings (SSSR count). The van der Waals surface area contributed by atoms with Gasteiger partial charge in [-0.25, -0.2) is 9.97 Å². The number of aromatic nitrogens is 3. The van der Waals surface area contributed by atoms with Crippen LogP contribution in [0, 0.1) is 6.92 Å². The van der Waals surface area contributed by atoms with E-state index in [0.29, 0.717) is 17.6 Å². The SMILES string of the molecule is CSc1cc(C2=NC(C)CN2C)ccc1Nc1cc(Cl)nc2c1nc(C)n2PI. The maximum Gasteiger partial charge on any atom is 0.167 e. The van der Waals surface area contributed by atoms with Gasteiger partial charge in [-0.1, -0.05) is 11.6 Å². The smallest absolute Gasteiger partial charge is 0.167 e. The van der Waals surface area contributed by atoms with E-state index in [1.165, 1.54) is 0 Å². The van der Waals surface area contributed by atoms with Gasteiger partial charge >= 0.3 is 0 Å². The minimum atomic E-state index is 0.328. The summed E-state index contributed by atoms with van der Waals surface area (Å²) in [7, 11) is 2.09. The van der Waals surface area contributed by atoms with Crippen molar-refractivity contribution in [3.8, 4) is 0 Å². The fourth-order valence-electron chi connectivity index (χ4n) is 3.53. The van der Waals surface area contributed by atoms with E-state index >= 15 is 0 Å². The number of anilines is 2. The summed E-state index contributed by atoms with van der Waals surface area (Å²) in [5, 5.41) is 3.99. The van der Waals surface area contributed by atoms with Crippen molar-refractivity contribution in [1.29, 1.82) is 0 Å². The average Bonchev–Trinajstić information content (AvgIpc) is 3.19. The third-order valence-corrected chi connectivity index (χ3v) is 7.93. The number of nitrogens with one attached hydrogen (secondary N) is 1. The molecule has 0 fully saturated rings. The van der Waals surface area contributed by atoms with E-state index in [9.17, 15) is 0 Å². The summed E-state index contributed by atoms with van der Waals surface area (Å²) < 4.78 is 2.08. The van der Waals surface area contributed by atoms with Crippen molar-refractivity contribution in [2.24, 2.45) is 4.99 Å². The second-order valence-electron chi connectivity index (χ2n) is 6.97. The molecule has 2 atom stereocenters. The number of hydrogen-bond donors (Lipinski definition) is 1. The van der Waals surface area contributed by atoms with Crippen LogP contribution in [0.25, 0.3) is 11.2 Å². The lowest BCUT2D eigenvalue weighted by atomic mass is 10.1. The molecule has 3 heterocycles. The molecule has 0 saturated carbocycles. The lowest BCUT2D eigenvalue weighted by Crippen LogP contribution is -2.24. The molecule has 152 valence electrons. The molecule has 0 spiro atoms. The Kier molecular flexibility index (Phi) is 6.25. The number of rotatable bonds is 5. The fourth-order valence-corrected chi connectivity index (χ4v) is 6.44. The molecule has 0 saturated heterocycles. The third kappa shape index (κ3) is 4.09. The van der Waals surface area contributed by atoms with Gasteiger partial charge in [-0.2, -0.15) is 0 Å². The van der Waals surface area contributed by atoms with Gasteiger partial charge in [0.25, 0.3) is 0 Å². The number of hydrogen-bond acceptors (Lipinski definition) is 6. The van der Waals surface area contributed by atoms with E-state index in [0.717, 1.165) is 51.2 Å². The van der Waals surface area contributed by atoms with Crippen LogP contribution in [0.2, 0.25) is 5.15 Å². The molecule has 2 unspecified atom stereocenters. The monoisotopic (exact) mass is 558 g/mol. The van der Waals surface area contributed by atoms with Crippen LogP contribution in [0.5, 0.6) is 0 Å². The number of benzene rings is 1. The molecule has 1 aliphatic heterocycles. The Morgan fingerprint density at radius 1 is 1.28 bits per heavy atom. The first-order valence-corrected chi connectivity index (χ1v) is 14.7. The van der Waals surface area contributed by atoms with Gasteiger partial charge in [0.1, 0.15) is 22.3 Å². The number of pyridine rings is 1. The van der Waals surface area contributed by atoms with E-state index < -0.39 is 0 Å². The van der Waals surface area contributed by atoms with Gasteiger partial charge in [0.05, 0.1) is 23.8 Å². The van der Waals surface area contributed by atoms with Crippen molar-refractivity contribution in [3.63, 3.8) is 0 Å². The zero-order chi connectivity index (χ0) is 20.7. The highest BCUT2D eigenvalue weighted by molar-refractivity contribution is 14.2. The molecule has 1 aromatic carbocycles. The number of amidine groups is 1. The third-order valence-electron chi connectivity index (χ3n) is 4.81. The van der Waals surface area contributed by atoms with Crippen molar-refractivity contribution >= 4 is 80.2 Å². The Labute approximate surface area is 194 Å². The fraction of sp³-hybridized carbons (Fsp3) is 0.316. The van der Waals surface area contributed by atoms with Crippen molar-refractivity contribution < 1.29 is 0 Å². The molecule has 0 radical (unpaired) electrons. The largest absolute Gasteiger partial charge is 0.357 e. The zero-order valence-electron chi connectivity index (χ0n) is 16.5. The molecule has 6 nitrogen and oxygen atoms in total. The van der Waals surface area contributed by atoms with Crippen LogP contribution in [-0.4, -0.2) is 50.9 Å². The van der Waals surface area contributed by atoms with Gasteiger partial charge in [-0.15, -0.1) is 11.8 Å². The van der Waals surface area contributed by atoms with E-state index in [1.807, 2.05) is 13.0 Å². The van der Waals surface area contributed by atoms with Gasteiger partial charge in [0.2, 0.25) is 0 Å². The number of aliphatic imine (C=N–C) groups is 1. The van der Waals surface area contributed by atoms with Gasteiger partial charge in [0.15, 0.2) is 5.65 Å². The van der Waals surface area contributed by atoms with Gasteiger partial charge in [-0.3, -0.25) is 9.33 Å². The number of fused-ring (bicyclic) bond motifs is 1. The highest BCUT2D eigenvalue weighted by Crippen LogP contribution is 2.37. The van der Waals surface area contributed by atoms with Crippen LogP contribution in [0.3, 0.4) is 0 Å². The predicted molar refractivity (Wildman–Crippen MR) is 135 cm³/mol. The maximum absolute atomic E-state index is 6.32. The van der Waals surface area contributed by atoms with Gasteiger partial charge in [0, 0.05) is 30.1 Å². The number of imidazole rings is 1. The van der Waals surface area contributed by atoms with Crippen LogP contribution in [0.1, 0.15) is 18.3 Å². The van der Waals surface area contributed by atoms with E-state index in [1.54, 1.807) is 11.8 Å². The number of halogens is 2. The van der Waals surface area contributed by atoms with Crippen LogP contribution < -0.4 is 5.32 Å². The summed E-state index contributed by atoms with van der Waals surface area (Å²) in [6.45, 7) is 5.09. The molecule has 0 aliphatic carbocycles. The van der Waals surface area contributed by atoms with Crippen molar-refractivity contribution in [2.75, 3.05) is 25.2 Å². The van der Waals surface area contributed by atoms with E-state index in [2.05, 4.69) is 80.0 Å². The first-order valence-electron chi connectivity index (χ1n) is 9.08. The van der Waals surface area contributed by atoms with Crippen molar-refractivity contribution in [2.45, 2.75) is 24.8 Å². The number of thioether (sulfide) groups is 1. The van der Waals surface area contributed by atoms with Crippen LogP contribution in [0.15, 0.2) is 34.2 Å². The predicted octanol–water partition coefficient (Wildman–Crippen LogP) is 5.73. The molecule has 0 bridgehead atoms.